The fourth-order valence-electron chi connectivity index (χ4n) is 3.42. The van der Waals surface area contributed by atoms with Gasteiger partial charge < -0.3 is 14.8 Å². The van der Waals surface area contributed by atoms with Gasteiger partial charge in [0.25, 0.3) is 0 Å². The highest BCUT2D eigenvalue weighted by Crippen LogP contribution is 2.12. The van der Waals surface area contributed by atoms with E-state index in [1.807, 2.05) is 20.8 Å². The molecule has 0 heterocycles. The minimum Gasteiger partial charge on any atom is -0.467 e. The van der Waals surface area contributed by atoms with Crippen molar-refractivity contribution >= 4 is 17.8 Å². The molecule has 0 aliphatic heterocycles. The third-order valence-corrected chi connectivity index (χ3v) is 5.30. The summed E-state index contributed by atoms with van der Waals surface area (Å²) in [6.07, 6.45) is 30.2. The first-order valence-electron chi connectivity index (χ1n) is 14.0. The van der Waals surface area contributed by atoms with Crippen molar-refractivity contribution in [2.45, 2.75) is 116 Å². The number of hydrogen-bond donors (Lipinski definition) is 1. The lowest BCUT2D eigenvalue weighted by atomic mass is 10.1. The van der Waals surface area contributed by atoms with E-state index in [2.05, 4.69) is 73.0 Å². The predicted molar refractivity (Wildman–Crippen MR) is 157 cm³/mol. The molecule has 6 nitrogen and oxygen atoms in total. The molecule has 214 valence electrons. The average molecular weight is 530 g/mol. The van der Waals surface area contributed by atoms with Gasteiger partial charge in [0, 0.05) is 12.8 Å². The van der Waals surface area contributed by atoms with Crippen molar-refractivity contribution in [3.8, 4) is 0 Å². The summed E-state index contributed by atoms with van der Waals surface area (Å²) in [7, 11) is 1.31. The Labute approximate surface area is 231 Å². The van der Waals surface area contributed by atoms with Gasteiger partial charge in [-0.1, -0.05) is 74.1 Å². The van der Waals surface area contributed by atoms with Crippen molar-refractivity contribution < 1.29 is 23.9 Å². The molecule has 1 atom stereocenters. The molecule has 0 saturated heterocycles. The van der Waals surface area contributed by atoms with Crippen molar-refractivity contribution in [3.63, 3.8) is 0 Å². The number of rotatable bonds is 20. The molecule has 0 spiro atoms. The Morgan fingerprint density at radius 2 is 1.26 bits per heavy atom. The van der Waals surface area contributed by atoms with Crippen LogP contribution in [-0.2, 0) is 23.9 Å². The van der Waals surface area contributed by atoms with Gasteiger partial charge in [-0.05, 0) is 78.6 Å². The number of unbranched alkanes of at least 4 members (excludes halogenated alkanes) is 2. The van der Waals surface area contributed by atoms with Gasteiger partial charge in [0.2, 0.25) is 5.91 Å². The minimum atomic E-state index is -0.695. The molecule has 0 saturated carbocycles. The van der Waals surface area contributed by atoms with Crippen LogP contribution in [0.5, 0.6) is 0 Å². The number of esters is 2. The number of amides is 1. The minimum absolute atomic E-state index is 0.167. The molecule has 0 fully saturated rings. The molecule has 38 heavy (non-hydrogen) atoms. The second kappa shape index (κ2) is 23.2. The number of nitrogens with one attached hydrogen (secondary N) is 1. The maximum Gasteiger partial charge on any atom is 0.328 e. The van der Waals surface area contributed by atoms with Gasteiger partial charge >= 0.3 is 11.9 Å². The van der Waals surface area contributed by atoms with E-state index >= 15 is 0 Å². The lowest BCUT2D eigenvalue weighted by Gasteiger charge is -2.19. The molecule has 0 unspecified atom stereocenters. The van der Waals surface area contributed by atoms with E-state index < -0.39 is 17.6 Å². The van der Waals surface area contributed by atoms with Crippen LogP contribution >= 0.6 is 0 Å². The molecule has 0 aromatic carbocycles. The fourth-order valence-corrected chi connectivity index (χ4v) is 3.42. The number of ether oxygens (including phenoxy) is 2. The van der Waals surface area contributed by atoms with Gasteiger partial charge in [0.1, 0.15) is 11.6 Å². The summed E-state index contributed by atoms with van der Waals surface area (Å²) in [5.41, 5.74) is -0.508. The van der Waals surface area contributed by atoms with Crippen LogP contribution in [0.2, 0.25) is 0 Å². The van der Waals surface area contributed by atoms with Gasteiger partial charge in [-0.25, -0.2) is 4.79 Å². The largest absolute Gasteiger partial charge is 0.467 e. The highest BCUT2D eigenvalue weighted by Gasteiger charge is 2.21. The quantitative estimate of drug-likeness (QED) is 0.100. The summed E-state index contributed by atoms with van der Waals surface area (Å²) in [5.74, 6) is -0.889. The Morgan fingerprint density at radius 3 is 1.76 bits per heavy atom. The zero-order chi connectivity index (χ0) is 28.5. The van der Waals surface area contributed by atoms with Crippen LogP contribution in [0.3, 0.4) is 0 Å². The molecule has 0 aromatic heterocycles. The number of carbonyl (C=O) groups is 3. The maximum atomic E-state index is 12.3. The summed E-state index contributed by atoms with van der Waals surface area (Å²) in [6.45, 7) is 7.63. The molecule has 0 radical (unpaired) electrons. The third-order valence-electron chi connectivity index (χ3n) is 5.30. The number of hydrogen-bond acceptors (Lipinski definition) is 5. The van der Waals surface area contributed by atoms with Crippen LogP contribution in [-0.4, -0.2) is 36.6 Å². The molecule has 0 rings (SSSR count). The molecule has 0 aliphatic rings. The van der Waals surface area contributed by atoms with E-state index in [0.29, 0.717) is 32.1 Å². The van der Waals surface area contributed by atoms with Crippen LogP contribution in [0.15, 0.2) is 60.8 Å². The van der Waals surface area contributed by atoms with Gasteiger partial charge in [-0.3, -0.25) is 9.59 Å². The average Bonchev–Trinajstić information content (AvgIpc) is 2.86. The third kappa shape index (κ3) is 23.5. The first kappa shape index (κ1) is 35.1. The maximum absolute atomic E-state index is 12.3. The van der Waals surface area contributed by atoms with Crippen molar-refractivity contribution in [3.05, 3.63) is 60.8 Å². The standard InChI is InChI=1S/C32H51NO5/c1-6-7-8-9-10-11-12-13-14-15-16-17-18-19-20-21-22-26-29(34)33-28(31(36)37-5)25-23-24-27-30(35)38-32(2,3)4/h7-8,10-11,13-14,16-17,19-20,28H,6,9,12,15,18,21-27H2,1-5H3,(H,33,34)/t28-/m0/s1. The molecule has 6 heteroatoms. The Morgan fingerprint density at radius 1 is 0.737 bits per heavy atom. The van der Waals surface area contributed by atoms with E-state index in [1.165, 1.54) is 7.11 Å². The highest BCUT2D eigenvalue weighted by atomic mass is 16.6. The van der Waals surface area contributed by atoms with Crippen LogP contribution in [0.4, 0.5) is 0 Å². The van der Waals surface area contributed by atoms with Crippen molar-refractivity contribution in [1.82, 2.24) is 5.32 Å². The van der Waals surface area contributed by atoms with Gasteiger partial charge in [0.15, 0.2) is 0 Å². The summed E-state index contributed by atoms with van der Waals surface area (Å²) < 4.78 is 10.1. The van der Waals surface area contributed by atoms with E-state index in [-0.39, 0.29) is 18.3 Å². The molecule has 1 N–H and O–H groups in total. The van der Waals surface area contributed by atoms with Crippen LogP contribution in [0.25, 0.3) is 0 Å². The summed E-state index contributed by atoms with van der Waals surface area (Å²) in [4.78, 5) is 36.1. The Kier molecular flexibility index (Phi) is 21.5. The molecule has 0 aromatic rings. The van der Waals surface area contributed by atoms with Crippen LogP contribution in [0, 0.1) is 0 Å². The zero-order valence-electron chi connectivity index (χ0n) is 24.4. The molecule has 0 bridgehead atoms. The van der Waals surface area contributed by atoms with Gasteiger partial charge in [-0.15, -0.1) is 0 Å². The zero-order valence-corrected chi connectivity index (χ0v) is 24.4. The summed E-state index contributed by atoms with van der Waals surface area (Å²) in [5, 5.41) is 2.77. The highest BCUT2D eigenvalue weighted by molar-refractivity contribution is 5.84. The van der Waals surface area contributed by atoms with Gasteiger partial charge in [0.05, 0.1) is 7.11 Å². The van der Waals surface area contributed by atoms with Crippen molar-refractivity contribution in [2.24, 2.45) is 0 Å². The molecule has 0 aliphatic carbocycles. The first-order valence-corrected chi connectivity index (χ1v) is 14.0. The van der Waals surface area contributed by atoms with Crippen molar-refractivity contribution in [2.75, 3.05) is 7.11 Å². The van der Waals surface area contributed by atoms with E-state index in [4.69, 9.17) is 9.47 Å². The SMILES string of the molecule is CCC=CCC=CCC=CCC=CCC=CCCCC(=O)N[C@@H](CCCCC(=O)OC(C)(C)C)C(=O)OC. The normalized spacial score (nSPS) is 13.3. The smallest absolute Gasteiger partial charge is 0.328 e. The Balaban J connectivity index is 4.04. The fraction of sp³-hybridized carbons (Fsp3) is 0.594. The Bertz CT molecular complexity index is 799. The second-order valence-electron chi connectivity index (χ2n) is 10.1. The monoisotopic (exact) mass is 529 g/mol. The predicted octanol–water partition coefficient (Wildman–Crippen LogP) is 7.47. The summed E-state index contributed by atoms with van der Waals surface area (Å²) in [6, 6.07) is -0.695. The summed E-state index contributed by atoms with van der Waals surface area (Å²) >= 11 is 0. The molecule has 1 amide bonds. The van der Waals surface area contributed by atoms with Crippen LogP contribution < -0.4 is 5.32 Å². The van der Waals surface area contributed by atoms with Crippen LogP contribution in [0.1, 0.15) is 105 Å². The molecular weight excluding hydrogens is 478 g/mol. The number of methoxy groups -OCH3 is 1. The van der Waals surface area contributed by atoms with E-state index in [0.717, 1.165) is 38.5 Å². The Hall–Kier alpha value is -2.89. The second-order valence-corrected chi connectivity index (χ2v) is 10.1. The first-order chi connectivity index (χ1) is 18.2. The van der Waals surface area contributed by atoms with E-state index in [9.17, 15) is 14.4 Å². The van der Waals surface area contributed by atoms with E-state index in [1.54, 1.807) is 0 Å². The van der Waals surface area contributed by atoms with Gasteiger partial charge in [-0.2, -0.15) is 0 Å². The topological polar surface area (TPSA) is 81.7 Å². The lowest BCUT2D eigenvalue weighted by molar-refractivity contribution is -0.155. The number of carbonyl (C=O) groups excluding carboxylic acids is 3. The number of allylic oxidation sites excluding steroid dienone is 10. The lowest BCUT2D eigenvalue weighted by Crippen LogP contribution is -2.41. The van der Waals surface area contributed by atoms with Crippen molar-refractivity contribution in [1.29, 1.82) is 0 Å². The molecular formula is C32H51NO5.